The number of rotatable bonds is 1. The molecule has 17 heavy (non-hydrogen) atoms. The van der Waals surface area contributed by atoms with Crippen LogP contribution in [0.1, 0.15) is 45.9 Å². The molecular weight excluding hydrogens is 212 g/mol. The summed E-state index contributed by atoms with van der Waals surface area (Å²) in [6.07, 6.45) is 1.02. The predicted octanol–water partition coefficient (Wildman–Crippen LogP) is 1.99. The number of nitrogen functional groups attached to an aromatic ring is 1. The zero-order chi connectivity index (χ0) is 12.8. The zero-order valence-electron chi connectivity index (χ0n) is 11.6. The minimum absolute atomic E-state index is 0.00168. The Bertz CT molecular complexity index is 412. The van der Waals surface area contributed by atoms with Gasteiger partial charge in [0.05, 0.1) is 11.2 Å². The van der Waals surface area contributed by atoms with Crippen LogP contribution in [0, 0.1) is 0 Å². The van der Waals surface area contributed by atoms with Crippen molar-refractivity contribution in [2.75, 3.05) is 12.3 Å². The van der Waals surface area contributed by atoms with Crippen LogP contribution in [0.4, 0.5) is 5.82 Å². The molecule has 1 aliphatic heterocycles. The van der Waals surface area contributed by atoms with E-state index in [0.717, 1.165) is 25.3 Å². The summed E-state index contributed by atoms with van der Waals surface area (Å²) in [6, 6.07) is 0.577. The van der Waals surface area contributed by atoms with E-state index in [2.05, 4.69) is 49.3 Å². The molecule has 4 heteroatoms. The molecule has 0 amide bonds. The molecular formula is C13H24N4. The predicted molar refractivity (Wildman–Crippen MR) is 70.9 cm³/mol. The van der Waals surface area contributed by atoms with Crippen molar-refractivity contribution < 1.29 is 0 Å². The fourth-order valence-electron chi connectivity index (χ4n) is 2.46. The molecule has 1 aromatic rings. The molecule has 1 aliphatic rings. The monoisotopic (exact) mass is 236 g/mol. The first-order chi connectivity index (χ1) is 7.80. The highest BCUT2D eigenvalue weighted by molar-refractivity contribution is 5.44. The molecule has 2 heterocycles. The van der Waals surface area contributed by atoms with Gasteiger partial charge >= 0.3 is 0 Å². The Balaban J connectivity index is 2.41. The maximum atomic E-state index is 6.03. The van der Waals surface area contributed by atoms with Gasteiger partial charge in [0, 0.05) is 24.7 Å². The van der Waals surface area contributed by atoms with Crippen LogP contribution in [0.3, 0.4) is 0 Å². The quantitative estimate of drug-likeness (QED) is 0.811. The summed E-state index contributed by atoms with van der Waals surface area (Å²) in [7, 11) is 0. The Morgan fingerprint density at radius 1 is 1.29 bits per heavy atom. The van der Waals surface area contributed by atoms with Gasteiger partial charge in [0.15, 0.2) is 0 Å². The number of nitrogens with two attached hydrogens (primary N) is 1. The number of aromatic nitrogens is 2. The van der Waals surface area contributed by atoms with Gasteiger partial charge in [0.2, 0.25) is 0 Å². The van der Waals surface area contributed by atoms with Gasteiger partial charge in [-0.05, 0) is 41.0 Å². The van der Waals surface area contributed by atoms with Crippen LogP contribution in [0.25, 0.3) is 0 Å². The second-order valence-corrected chi connectivity index (χ2v) is 6.21. The number of hydrogen-bond acceptors (Lipinski definition) is 3. The van der Waals surface area contributed by atoms with Crippen LogP contribution < -0.4 is 5.73 Å². The molecule has 2 N–H and O–H groups in total. The van der Waals surface area contributed by atoms with Gasteiger partial charge in [-0.1, -0.05) is 0 Å². The Morgan fingerprint density at radius 3 is 2.47 bits per heavy atom. The lowest BCUT2D eigenvalue weighted by Gasteiger charge is -2.33. The van der Waals surface area contributed by atoms with E-state index in [9.17, 15) is 0 Å². The summed E-state index contributed by atoms with van der Waals surface area (Å²) in [4.78, 5) is 2.48. The van der Waals surface area contributed by atoms with E-state index >= 15 is 0 Å². The molecule has 0 unspecified atom stereocenters. The second kappa shape index (κ2) is 4.02. The highest BCUT2D eigenvalue weighted by atomic mass is 15.4. The van der Waals surface area contributed by atoms with Crippen molar-refractivity contribution in [3.63, 3.8) is 0 Å². The summed E-state index contributed by atoms with van der Waals surface area (Å²) in [6.45, 7) is 13.1. The molecule has 0 fully saturated rings. The Labute approximate surface area is 104 Å². The fourth-order valence-corrected chi connectivity index (χ4v) is 2.46. The summed E-state index contributed by atoms with van der Waals surface area (Å²) < 4.78 is 2.10. The zero-order valence-corrected chi connectivity index (χ0v) is 11.6. The van der Waals surface area contributed by atoms with Gasteiger partial charge in [0.25, 0.3) is 0 Å². The molecule has 0 atom stereocenters. The van der Waals surface area contributed by atoms with E-state index in [1.807, 2.05) is 0 Å². The first kappa shape index (κ1) is 12.4. The smallest absolute Gasteiger partial charge is 0.149 e. The lowest BCUT2D eigenvalue weighted by molar-refractivity contribution is 0.189. The van der Waals surface area contributed by atoms with Crippen molar-refractivity contribution in [1.29, 1.82) is 0 Å². The first-order valence-electron chi connectivity index (χ1n) is 6.41. The summed E-state index contributed by atoms with van der Waals surface area (Å²) in [5.74, 6) is 0.721. The normalized spacial score (nSPS) is 17.5. The van der Waals surface area contributed by atoms with E-state index < -0.39 is 0 Å². The van der Waals surface area contributed by atoms with Crippen molar-refractivity contribution in [3.05, 3.63) is 11.3 Å². The topological polar surface area (TPSA) is 47.1 Å². The van der Waals surface area contributed by atoms with Gasteiger partial charge in [-0.2, -0.15) is 5.10 Å². The Hall–Kier alpha value is -1.03. The number of hydrogen-bond donors (Lipinski definition) is 1. The molecule has 0 aromatic carbocycles. The van der Waals surface area contributed by atoms with Gasteiger partial charge in [-0.15, -0.1) is 0 Å². The molecule has 0 spiro atoms. The maximum Gasteiger partial charge on any atom is 0.149 e. The minimum atomic E-state index is 0.00168. The molecule has 1 aromatic heterocycles. The van der Waals surface area contributed by atoms with Crippen LogP contribution in [0.5, 0.6) is 0 Å². The standard InChI is InChI=1S/C13H24N4/c1-9(2)16-7-6-10-11(8-16)17(13(3,4)5)15-12(10)14/h9H,6-8H2,1-5H3,(H2,14,15). The van der Waals surface area contributed by atoms with Gasteiger partial charge in [0.1, 0.15) is 5.82 Å². The van der Waals surface area contributed by atoms with E-state index in [1.54, 1.807) is 0 Å². The van der Waals surface area contributed by atoms with E-state index in [1.165, 1.54) is 11.3 Å². The molecule has 2 rings (SSSR count). The minimum Gasteiger partial charge on any atom is -0.382 e. The first-order valence-corrected chi connectivity index (χ1v) is 6.41. The summed E-state index contributed by atoms with van der Waals surface area (Å²) in [5.41, 5.74) is 8.59. The van der Waals surface area contributed by atoms with Crippen LogP contribution in [-0.2, 0) is 18.5 Å². The summed E-state index contributed by atoms with van der Waals surface area (Å²) >= 11 is 0. The van der Waals surface area contributed by atoms with Crippen molar-refractivity contribution in [1.82, 2.24) is 14.7 Å². The van der Waals surface area contributed by atoms with Crippen molar-refractivity contribution in [2.45, 2.75) is 59.2 Å². The van der Waals surface area contributed by atoms with Crippen molar-refractivity contribution >= 4 is 5.82 Å². The van der Waals surface area contributed by atoms with Crippen LogP contribution in [0.15, 0.2) is 0 Å². The Kier molecular flexibility index (Phi) is 2.94. The third-order valence-corrected chi connectivity index (χ3v) is 3.49. The molecule has 96 valence electrons. The fraction of sp³-hybridized carbons (Fsp3) is 0.769. The van der Waals surface area contributed by atoms with E-state index in [4.69, 9.17) is 5.73 Å². The average molecular weight is 236 g/mol. The van der Waals surface area contributed by atoms with E-state index in [-0.39, 0.29) is 5.54 Å². The number of fused-ring (bicyclic) bond motifs is 1. The van der Waals surface area contributed by atoms with Crippen LogP contribution >= 0.6 is 0 Å². The van der Waals surface area contributed by atoms with Gasteiger partial charge in [-0.3, -0.25) is 9.58 Å². The molecule has 4 nitrogen and oxygen atoms in total. The highest BCUT2D eigenvalue weighted by Crippen LogP contribution is 2.29. The van der Waals surface area contributed by atoms with Crippen molar-refractivity contribution in [2.24, 2.45) is 0 Å². The molecule has 0 bridgehead atoms. The number of anilines is 1. The maximum absolute atomic E-state index is 6.03. The largest absolute Gasteiger partial charge is 0.382 e. The molecule has 0 saturated heterocycles. The lowest BCUT2D eigenvalue weighted by atomic mass is 10.0. The summed E-state index contributed by atoms with van der Waals surface area (Å²) in [5, 5.41) is 4.53. The lowest BCUT2D eigenvalue weighted by Crippen LogP contribution is -2.38. The Morgan fingerprint density at radius 2 is 1.94 bits per heavy atom. The third-order valence-electron chi connectivity index (χ3n) is 3.49. The number of nitrogens with zero attached hydrogens (tertiary/aromatic N) is 3. The second-order valence-electron chi connectivity index (χ2n) is 6.21. The molecule has 0 aliphatic carbocycles. The molecule has 0 radical (unpaired) electrons. The average Bonchev–Trinajstić information content (AvgIpc) is 2.55. The van der Waals surface area contributed by atoms with Crippen LogP contribution in [-0.4, -0.2) is 27.3 Å². The highest BCUT2D eigenvalue weighted by Gasteiger charge is 2.28. The van der Waals surface area contributed by atoms with Crippen LogP contribution in [0.2, 0.25) is 0 Å². The van der Waals surface area contributed by atoms with Gasteiger partial charge in [-0.25, -0.2) is 0 Å². The molecule has 0 saturated carbocycles. The van der Waals surface area contributed by atoms with E-state index in [0.29, 0.717) is 6.04 Å². The SMILES string of the molecule is CC(C)N1CCc2c(N)nn(C(C)(C)C)c2C1. The van der Waals surface area contributed by atoms with Crippen molar-refractivity contribution in [3.8, 4) is 0 Å². The third kappa shape index (κ3) is 2.18. The van der Waals surface area contributed by atoms with Gasteiger partial charge < -0.3 is 5.73 Å².